The van der Waals surface area contributed by atoms with Crippen LogP contribution in [0.5, 0.6) is 0 Å². The van der Waals surface area contributed by atoms with Crippen LogP contribution in [0.15, 0.2) is 36.5 Å². The van der Waals surface area contributed by atoms with Crippen LogP contribution in [-0.4, -0.2) is 37.2 Å². The van der Waals surface area contributed by atoms with Gasteiger partial charge < -0.3 is 14.2 Å². The van der Waals surface area contributed by atoms with Crippen molar-refractivity contribution in [2.45, 2.75) is 297 Å². The van der Waals surface area contributed by atoms with Crippen molar-refractivity contribution in [3.63, 3.8) is 0 Å². The molecule has 0 aliphatic carbocycles. The third kappa shape index (κ3) is 50.5. The van der Waals surface area contributed by atoms with E-state index < -0.39 is 6.10 Å². The molecular formula is C57H104O6. The van der Waals surface area contributed by atoms with Gasteiger partial charge in [-0.1, -0.05) is 237 Å². The Balaban J connectivity index is 4.36. The van der Waals surface area contributed by atoms with E-state index in [0.717, 1.165) is 89.9 Å². The van der Waals surface area contributed by atoms with E-state index >= 15 is 0 Å². The number of unbranched alkanes of at least 4 members (excludes halogenated alkanes) is 33. The molecule has 0 aromatic carbocycles. The highest BCUT2D eigenvalue weighted by Crippen LogP contribution is 2.16. The van der Waals surface area contributed by atoms with Crippen LogP contribution < -0.4 is 0 Å². The van der Waals surface area contributed by atoms with Gasteiger partial charge in [-0.05, 0) is 70.6 Å². The summed E-state index contributed by atoms with van der Waals surface area (Å²) < 4.78 is 16.8. The Labute approximate surface area is 391 Å². The second kappa shape index (κ2) is 52.3. The van der Waals surface area contributed by atoms with E-state index in [4.69, 9.17) is 14.2 Å². The predicted molar refractivity (Wildman–Crippen MR) is 270 cm³/mol. The van der Waals surface area contributed by atoms with Crippen LogP contribution in [0.1, 0.15) is 290 Å². The molecule has 368 valence electrons. The molecule has 63 heavy (non-hydrogen) atoms. The minimum absolute atomic E-state index is 0.0779. The molecule has 0 heterocycles. The highest BCUT2D eigenvalue weighted by molar-refractivity contribution is 5.71. The average Bonchev–Trinajstić information content (AvgIpc) is 3.28. The summed E-state index contributed by atoms with van der Waals surface area (Å²) >= 11 is 0. The molecule has 0 aromatic heterocycles. The van der Waals surface area contributed by atoms with Gasteiger partial charge in [0, 0.05) is 19.3 Å². The molecule has 0 aromatic rings. The lowest BCUT2D eigenvalue weighted by Gasteiger charge is -2.18. The van der Waals surface area contributed by atoms with Crippen molar-refractivity contribution in [3.8, 4) is 0 Å². The fraction of sp³-hybridized carbons (Fsp3) is 0.842. The van der Waals surface area contributed by atoms with E-state index in [-0.39, 0.29) is 31.1 Å². The van der Waals surface area contributed by atoms with E-state index in [1.807, 2.05) is 0 Å². The first-order valence-corrected chi connectivity index (χ1v) is 27.5. The van der Waals surface area contributed by atoms with Gasteiger partial charge in [0.2, 0.25) is 0 Å². The molecule has 1 unspecified atom stereocenters. The normalized spacial score (nSPS) is 12.2. The zero-order chi connectivity index (χ0) is 45.8. The molecule has 0 saturated heterocycles. The highest BCUT2D eigenvalue weighted by atomic mass is 16.6. The smallest absolute Gasteiger partial charge is 0.306 e. The SMILES string of the molecule is CCC/C=C\C/C=C\CCCCCCCC(=O)OCC(COC(=O)CCCCCCC/C=C\CCCCCCCCC)OC(=O)CCCCCCCCCCCCCCCCCC. The first-order valence-electron chi connectivity index (χ1n) is 27.5. The Hall–Kier alpha value is -2.37. The third-order valence-electron chi connectivity index (χ3n) is 12.1. The van der Waals surface area contributed by atoms with Crippen LogP contribution in [0.4, 0.5) is 0 Å². The number of ether oxygens (including phenoxy) is 3. The van der Waals surface area contributed by atoms with Gasteiger partial charge in [-0.3, -0.25) is 14.4 Å². The molecule has 6 heteroatoms. The Morgan fingerprint density at radius 1 is 0.317 bits per heavy atom. The third-order valence-corrected chi connectivity index (χ3v) is 12.1. The van der Waals surface area contributed by atoms with Gasteiger partial charge in [-0.2, -0.15) is 0 Å². The van der Waals surface area contributed by atoms with Gasteiger partial charge in [0.15, 0.2) is 6.10 Å². The molecule has 0 N–H and O–H groups in total. The van der Waals surface area contributed by atoms with Crippen molar-refractivity contribution in [1.82, 2.24) is 0 Å². The summed E-state index contributed by atoms with van der Waals surface area (Å²) in [6, 6.07) is 0. The van der Waals surface area contributed by atoms with Crippen molar-refractivity contribution in [2.75, 3.05) is 13.2 Å². The fourth-order valence-electron chi connectivity index (χ4n) is 7.95. The quantitative estimate of drug-likeness (QED) is 0.0262. The van der Waals surface area contributed by atoms with Crippen LogP contribution in [-0.2, 0) is 28.6 Å². The topological polar surface area (TPSA) is 78.9 Å². The first-order chi connectivity index (χ1) is 31.0. The Kier molecular flexibility index (Phi) is 50.3. The number of rotatable bonds is 50. The lowest BCUT2D eigenvalue weighted by Crippen LogP contribution is -2.30. The van der Waals surface area contributed by atoms with E-state index in [0.29, 0.717) is 19.3 Å². The summed E-state index contributed by atoms with van der Waals surface area (Å²) in [4.78, 5) is 38.0. The van der Waals surface area contributed by atoms with Gasteiger partial charge in [0.05, 0.1) is 0 Å². The molecule has 0 aliphatic heterocycles. The summed E-state index contributed by atoms with van der Waals surface area (Å²) in [6.07, 6.45) is 61.3. The number of carbonyl (C=O) groups excluding carboxylic acids is 3. The Bertz CT molecular complexity index is 1060. The molecule has 6 nitrogen and oxygen atoms in total. The average molecular weight is 885 g/mol. The molecule has 0 saturated carbocycles. The summed E-state index contributed by atoms with van der Waals surface area (Å²) in [5.74, 6) is -0.886. The molecule has 0 amide bonds. The first kappa shape index (κ1) is 60.6. The largest absolute Gasteiger partial charge is 0.462 e. The maximum Gasteiger partial charge on any atom is 0.306 e. The second-order valence-corrected chi connectivity index (χ2v) is 18.5. The molecule has 0 radical (unpaired) electrons. The number of allylic oxidation sites excluding steroid dienone is 6. The molecule has 0 rings (SSSR count). The zero-order valence-corrected chi connectivity index (χ0v) is 42.1. The van der Waals surface area contributed by atoms with Crippen molar-refractivity contribution in [2.24, 2.45) is 0 Å². The van der Waals surface area contributed by atoms with E-state index in [1.54, 1.807) is 0 Å². The van der Waals surface area contributed by atoms with Crippen molar-refractivity contribution >= 4 is 17.9 Å². The lowest BCUT2D eigenvalue weighted by atomic mass is 10.0. The summed E-state index contributed by atoms with van der Waals surface area (Å²) in [7, 11) is 0. The number of esters is 3. The number of carbonyl (C=O) groups is 3. The van der Waals surface area contributed by atoms with Crippen molar-refractivity contribution in [1.29, 1.82) is 0 Å². The lowest BCUT2D eigenvalue weighted by molar-refractivity contribution is -0.167. The maximum atomic E-state index is 12.8. The van der Waals surface area contributed by atoms with Gasteiger partial charge in [0.1, 0.15) is 13.2 Å². The molecule has 0 fully saturated rings. The zero-order valence-electron chi connectivity index (χ0n) is 42.1. The van der Waals surface area contributed by atoms with Gasteiger partial charge in [0.25, 0.3) is 0 Å². The van der Waals surface area contributed by atoms with E-state index in [1.165, 1.54) is 161 Å². The van der Waals surface area contributed by atoms with Crippen LogP contribution >= 0.6 is 0 Å². The number of hydrogen-bond donors (Lipinski definition) is 0. The molecular weight excluding hydrogens is 781 g/mol. The maximum absolute atomic E-state index is 12.8. The number of hydrogen-bond acceptors (Lipinski definition) is 6. The molecule has 0 bridgehead atoms. The van der Waals surface area contributed by atoms with Gasteiger partial charge in [-0.25, -0.2) is 0 Å². The van der Waals surface area contributed by atoms with E-state index in [9.17, 15) is 14.4 Å². The Morgan fingerprint density at radius 2 is 0.603 bits per heavy atom. The van der Waals surface area contributed by atoms with Crippen LogP contribution in [0.3, 0.4) is 0 Å². The highest BCUT2D eigenvalue weighted by Gasteiger charge is 2.19. The van der Waals surface area contributed by atoms with Crippen LogP contribution in [0.25, 0.3) is 0 Å². The van der Waals surface area contributed by atoms with Crippen LogP contribution in [0, 0.1) is 0 Å². The summed E-state index contributed by atoms with van der Waals surface area (Å²) in [5.41, 5.74) is 0. The van der Waals surface area contributed by atoms with Crippen molar-refractivity contribution in [3.05, 3.63) is 36.5 Å². The second-order valence-electron chi connectivity index (χ2n) is 18.5. The minimum atomic E-state index is -0.777. The molecule has 0 spiro atoms. The molecule has 0 aliphatic rings. The standard InChI is InChI=1S/C57H104O6/c1-4-7-10-13-16-19-22-25-27-29-32-35-38-41-44-47-50-56(59)62-53-54(52-61-55(58)49-46-43-40-37-34-31-24-21-18-15-12-9-6-3)63-57(60)51-48-45-42-39-36-33-30-28-26-23-20-17-14-11-8-5-2/h12,15,21,24,27,29,54H,4-11,13-14,16-20,22-23,25-26,28,30-53H2,1-3H3/b15-12-,24-21-,29-27-. The van der Waals surface area contributed by atoms with Crippen molar-refractivity contribution < 1.29 is 28.6 Å². The summed E-state index contributed by atoms with van der Waals surface area (Å²) in [6.45, 7) is 6.59. The predicted octanol–water partition coefficient (Wildman–Crippen LogP) is 18.1. The van der Waals surface area contributed by atoms with Crippen LogP contribution in [0.2, 0.25) is 0 Å². The fourth-order valence-corrected chi connectivity index (χ4v) is 7.95. The summed E-state index contributed by atoms with van der Waals surface area (Å²) in [5, 5.41) is 0. The Morgan fingerprint density at radius 3 is 0.952 bits per heavy atom. The monoisotopic (exact) mass is 885 g/mol. The van der Waals surface area contributed by atoms with Gasteiger partial charge >= 0.3 is 17.9 Å². The van der Waals surface area contributed by atoms with E-state index in [2.05, 4.69) is 57.2 Å². The van der Waals surface area contributed by atoms with Gasteiger partial charge in [-0.15, -0.1) is 0 Å². The minimum Gasteiger partial charge on any atom is -0.462 e. The molecule has 1 atom stereocenters.